The lowest BCUT2D eigenvalue weighted by Crippen LogP contribution is -2.45. The highest BCUT2D eigenvalue weighted by Crippen LogP contribution is 2.48. The maximum absolute atomic E-state index is 10.5. The molecule has 30 heavy (non-hydrogen) atoms. The van der Waals surface area contributed by atoms with Crippen molar-refractivity contribution in [1.82, 2.24) is 4.90 Å². The van der Waals surface area contributed by atoms with E-state index < -0.39 is 0 Å². The third-order valence-electron chi connectivity index (χ3n) is 6.76. The molecule has 0 aromatic heterocycles. The SMILES string of the molecule is OC(CCCN1CC[C@@H]2[C@@H](C1)c1ccccc1N2c1ccccc1)c1ccccc1. The number of anilines is 2. The third-order valence-corrected chi connectivity index (χ3v) is 6.76. The molecule has 0 spiro atoms. The van der Waals surface area contributed by atoms with Gasteiger partial charge in [-0.1, -0.05) is 66.7 Å². The van der Waals surface area contributed by atoms with E-state index in [9.17, 15) is 5.11 Å². The number of aliphatic hydroxyl groups excluding tert-OH is 1. The molecule has 154 valence electrons. The summed E-state index contributed by atoms with van der Waals surface area (Å²) in [7, 11) is 0. The molecule has 3 atom stereocenters. The summed E-state index contributed by atoms with van der Waals surface area (Å²) < 4.78 is 0. The fourth-order valence-electron chi connectivity index (χ4n) is 5.29. The molecule has 2 heterocycles. The van der Waals surface area contributed by atoms with Crippen molar-refractivity contribution in [2.24, 2.45) is 0 Å². The Morgan fingerprint density at radius 2 is 1.57 bits per heavy atom. The summed E-state index contributed by atoms with van der Waals surface area (Å²) >= 11 is 0. The quantitative estimate of drug-likeness (QED) is 0.593. The topological polar surface area (TPSA) is 26.7 Å². The molecule has 0 amide bonds. The molecule has 1 N–H and O–H groups in total. The Morgan fingerprint density at radius 1 is 0.867 bits per heavy atom. The minimum absolute atomic E-state index is 0.357. The van der Waals surface area contributed by atoms with Gasteiger partial charge in [-0.05, 0) is 55.1 Å². The van der Waals surface area contributed by atoms with Crippen LogP contribution in [0.1, 0.15) is 42.4 Å². The van der Waals surface area contributed by atoms with Gasteiger partial charge in [0.2, 0.25) is 0 Å². The molecule has 0 radical (unpaired) electrons. The molecule has 3 aromatic rings. The van der Waals surface area contributed by atoms with Gasteiger partial charge < -0.3 is 14.9 Å². The fraction of sp³-hybridized carbons (Fsp3) is 0.333. The standard InChI is InChI=1S/C27H30N2O/c30-27(21-10-3-1-4-11-21)16-9-18-28-19-17-26-24(20-28)23-14-7-8-15-25(23)29(26)22-12-5-2-6-13-22/h1-8,10-15,24,26-27,30H,9,16-20H2/t24-,26+,27?/m0/s1. The molecule has 3 nitrogen and oxygen atoms in total. The Hall–Kier alpha value is -2.62. The van der Waals surface area contributed by atoms with Crippen LogP contribution in [0, 0.1) is 0 Å². The van der Waals surface area contributed by atoms with Crippen molar-refractivity contribution in [3.8, 4) is 0 Å². The third kappa shape index (κ3) is 3.76. The van der Waals surface area contributed by atoms with Gasteiger partial charge in [-0.25, -0.2) is 0 Å². The summed E-state index contributed by atoms with van der Waals surface area (Å²) in [6.07, 6.45) is 2.67. The van der Waals surface area contributed by atoms with Crippen molar-refractivity contribution in [3.63, 3.8) is 0 Å². The molecule has 0 bridgehead atoms. The van der Waals surface area contributed by atoms with Crippen LogP contribution in [0.25, 0.3) is 0 Å². The molecule has 2 aliphatic rings. The Balaban J connectivity index is 1.25. The Morgan fingerprint density at radius 3 is 2.37 bits per heavy atom. The average molecular weight is 399 g/mol. The van der Waals surface area contributed by atoms with Crippen LogP contribution in [0.4, 0.5) is 11.4 Å². The number of rotatable bonds is 6. The number of hydrogen-bond donors (Lipinski definition) is 1. The maximum atomic E-state index is 10.5. The second-order valence-corrected chi connectivity index (χ2v) is 8.60. The van der Waals surface area contributed by atoms with Gasteiger partial charge in [0.15, 0.2) is 0 Å². The van der Waals surface area contributed by atoms with Crippen LogP contribution in [-0.2, 0) is 0 Å². The normalized spacial score (nSPS) is 21.8. The van der Waals surface area contributed by atoms with E-state index in [1.807, 2.05) is 30.3 Å². The monoisotopic (exact) mass is 398 g/mol. The number of para-hydroxylation sites is 2. The summed E-state index contributed by atoms with van der Waals surface area (Å²) in [5, 5.41) is 10.5. The van der Waals surface area contributed by atoms with E-state index in [2.05, 4.69) is 64.4 Å². The second-order valence-electron chi connectivity index (χ2n) is 8.60. The van der Waals surface area contributed by atoms with Crippen LogP contribution in [-0.4, -0.2) is 35.7 Å². The lowest BCUT2D eigenvalue weighted by atomic mass is 9.89. The first-order valence-corrected chi connectivity index (χ1v) is 11.2. The molecule has 2 aliphatic heterocycles. The summed E-state index contributed by atoms with van der Waals surface area (Å²) in [5.41, 5.74) is 5.19. The highest BCUT2D eigenvalue weighted by Gasteiger charge is 2.42. The van der Waals surface area contributed by atoms with Crippen LogP contribution in [0.5, 0.6) is 0 Å². The first kappa shape index (κ1) is 19.3. The van der Waals surface area contributed by atoms with Crippen LogP contribution in [0.3, 0.4) is 0 Å². The first-order chi connectivity index (χ1) is 14.8. The minimum atomic E-state index is -0.357. The van der Waals surface area contributed by atoms with E-state index in [4.69, 9.17) is 0 Å². The minimum Gasteiger partial charge on any atom is -0.388 e. The Labute approximate surface area is 179 Å². The summed E-state index contributed by atoms with van der Waals surface area (Å²) in [6, 6.07) is 30.3. The fourth-order valence-corrected chi connectivity index (χ4v) is 5.29. The van der Waals surface area contributed by atoms with Gasteiger partial charge in [0.05, 0.1) is 6.10 Å². The Kier molecular flexibility index (Phi) is 5.56. The molecular formula is C27H30N2O. The van der Waals surface area contributed by atoms with Gasteiger partial charge in [-0.3, -0.25) is 0 Å². The van der Waals surface area contributed by atoms with E-state index in [1.54, 1.807) is 0 Å². The summed E-state index contributed by atoms with van der Waals surface area (Å²) in [6.45, 7) is 3.28. The summed E-state index contributed by atoms with van der Waals surface area (Å²) in [5.74, 6) is 0.550. The number of fused-ring (bicyclic) bond motifs is 3. The molecule has 1 fully saturated rings. The average Bonchev–Trinajstić information content (AvgIpc) is 3.14. The van der Waals surface area contributed by atoms with Crippen molar-refractivity contribution in [2.45, 2.75) is 37.3 Å². The molecule has 0 aliphatic carbocycles. The smallest absolute Gasteiger partial charge is 0.0790 e. The summed E-state index contributed by atoms with van der Waals surface area (Å²) in [4.78, 5) is 5.17. The molecular weight excluding hydrogens is 368 g/mol. The maximum Gasteiger partial charge on any atom is 0.0790 e. The molecule has 3 aromatic carbocycles. The van der Waals surface area contributed by atoms with E-state index in [1.165, 1.54) is 23.4 Å². The predicted molar refractivity (Wildman–Crippen MR) is 123 cm³/mol. The number of piperidine rings is 1. The van der Waals surface area contributed by atoms with Gasteiger partial charge in [-0.15, -0.1) is 0 Å². The van der Waals surface area contributed by atoms with Crippen LogP contribution >= 0.6 is 0 Å². The van der Waals surface area contributed by atoms with E-state index in [-0.39, 0.29) is 6.10 Å². The predicted octanol–water partition coefficient (Wildman–Crippen LogP) is 5.51. The number of nitrogens with zero attached hydrogens (tertiary/aromatic N) is 2. The van der Waals surface area contributed by atoms with E-state index >= 15 is 0 Å². The Bertz CT molecular complexity index is 957. The number of hydrogen-bond acceptors (Lipinski definition) is 3. The van der Waals surface area contributed by atoms with Crippen molar-refractivity contribution in [1.29, 1.82) is 0 Å². The first-order valence-electron chi connectivity index (χ1n) is 11.2. The lowest BCUT2D eigenvalue weighted by molar-refractivity contribution is 0.145. The number of benzene rings is 3. The molecule has 1 saturated heterocycles. The van der Waals surface area contributed by atoms with E-state index in [0.717, 1.165) is 38.0 Å². The zero-order valence-corrected chi connectivity index (χ0v) is 17.4. The van der Waals surface area contributed by atoms with Gasteiger partial charge in [0.1, 0.15) is 0 Å². The molecule has 5 rings (SSSR count). The molecule has 0 saturated carbocycles. The van der Waals surface area contributed by atoms with Crippen molar-refractivity contribution >= 4 is 11.4 Å². The van der Waals surface area contributed by atoms with Gasteiger partial charge in [0.25, 0.3) is 0 Å². The lowest BCUT2D eigenvalue weighted by Gasteiger charge is -2.39. The largest absolute Gasteiger partial charge is 0.388 e. The highest BCUT2D eigenvalue weighted by atomic mass is 16.3. The van der Waals surface area contributed by atoms with Crippen molar-refractivity contribution in [2.75, 3.05) is 24.5 Å². The van der Waals surface area contributed by atoms with Gasteiger partial charge in [-0.2, -0.15) is 0 Å². The number of likely N-dealkylation sites (tertiary alicyclic amines) is 1. The highest BCUT2D eigenvalue weighted by molar-refractivity contribution is 5.72. The zero-order chi connectivity index (χ0) is 20.3. The molecule has 1 unspecified atom stereocenters. The zero-order valence-electron chi connectivity index (χ0n) is 17.4. The second kappa shape index (κ2) is 8.63. The van der Waals surface area contributed by atoms with Crippen LogP contribution < -0.4 is 4.90 Å². The number of aliphatic hydroxyl groups is 1. The van der Waals surface area contributed by atoms with Crippen molar-refractivity contribution < 1.29 is 5.11 Å². The van der Waals surface area contributed by atoms with E-state index in [0.29, 0.717) is 12.0 Å². The van der Waals surface area contributed by atoms with Gasteiger partial charge >= 0.3 is 0 Å². The molecule has 3 heteroatoms. The van der Waals surface area contributed by atoms with Gasteiger partial charge in [0, 0.05) is 36.4 Å². The van der Waals surface area contributed by atoms with Crippen LogP contribution in [0.2, 0.25) is 0 Å². The van der Waals surface area contributed by atoms with Crippen LogP contribution in [0.15, 0.2) is 84.9 Å². The van der Waals surface area contributed by atoms with Crippen molar-refractivity contribution in [3.05, 3.63) is 96.1 Å².